The van der Waals surface area contributed by atoms with Crippen molar-refractivity contribution in [2.45, 2.75) is 26.6 Å². The number of ketones is 1. The molecule has 25 heavy (non-hydrogen) atoms. The molecule has 0 aliphatic heterocycles. The summed E-state index contributed by atoms with van der Waals surface area (Å²) in [4.78, 5) is 24.4. The molecule has 0 spiro atoms. The minimum absolute atomic E-state index is 0.0414. The number of carbonyl (C=O) groups excluding carboxylic acids is 2. The van der Waals surface area contributed by atoms with Crippen molar-refractivity contribution in [1.82, 2.24) is 0 Å². The normalized spacial score (nSPS) is 11.9. The van der Waals surface area contributed by atoms with Gasteiger partial charge in [0.2, 0.25) is 5.78 Å². The number of ether oxygens (including phenoxy) is 2. The number of carbonyl (C=O) groups is 2. The van der Waals surface area contributed by atoms with Crippen LogP contribution in [0.5, 0.6) is 11.5 Å². The SMILES string of the molecule is Cc1cccc(C(=O)O[C@H](C)C(=O)c2ccc(OC(F)F)cc2)c1O. The first-order valence-electron chi connectivity index (χ1n) is 7.38. The Morgan fingerprint density at radius 1 is 1.08 bits per heavy atom. The second-order valence-corrected chi connectivity index (χ2v) is 5.29. The third-order valence-corrected chi connectivity index (χ3v) is 3.47. The Morgan fingerprint density at radius 2 is 1.72 bits per heavy atom. The van der Waals surface area contributed by atoms with Crippen molar-refractivity contribution in [2.75, 3.05) is 0 Å². The van der Waals surface area contributed by atoms with Gasteiger partial charge in [0.25, 0.3) is 0 Å². The minimum Gasteiger partial charge on any atom is -0.507 e. The fraction of sp³-hybridized carbons (Fsp3) is 0.222. The Labute approximate surface area is 142 Å². The molecule has 1 atom stereocenters. The summed E-state index contributed by atoms with van der Waals surface area (Å²) in [6.45, 7) is 0.0591. The summed E-state index contributed by atoms with van der Waals surface area (Å²) in [6, 6.07) is 9.64. The number of phenols is 1. The summed E-state index contributed by atoms with van der Waals surface area (Å²) < 4.78 is 33.5. The molecule has 1 N–H and O–H groups in total. The average Bonchev–Trinajstić information content (AvgIpc) is 2.56. The summed E-state index contributed by atoms with van der Waals surface area (Å²) in [7, 11) is 0. The maximum absolute atomic E-state index is 12.3. The summed E-state index contributed by atoms with van der Waals surface area (Å²) >= 11 is 0. The van der Waals surface area contributed by atoms with Gasteiger partial charge >= 0.3 is 12.6 Å². The molecular formula is C18H16F2O5. The van der Waals surface area contributed by atoms with Crippen molar-refractivity contribution in [3.05, 3.63) is 59.2 Å². The van der Waals surface area contributed by atoms with Crippen molar-refractivity contribution in [1.29, 1.82) is 0 Å². The van der Waals surface area contributed by atoms with Gasteiger partial charge in [0.05, 0.1) is 0 Å². The first kappa shape index (κ1) is 18.4. The summed E-state index contributed by atoms with van der Waals surface area (Å²) in [5, 5.41) is 9.88. The number of hydrogen-bond acceptors (Lipinski definition) is 5. The van der Waals surface area contributed by atoms with E-state index in [1.54, 1.807) is 19.1 Å². The lowest BCUT2D eigenvalue weighted by molar-refractivity contribution is -0.0498. The van der Waals surface area contributed by atoms with Gasteiger partial charge in [-0.05, 0) is 49.7 Å². The van der Waals surface area contributed by atoms with Crippen LogP contribution in [0.4, 0.5) is 8.78 Å². The standard InChI is InChI=1S/C18H16F2O5/c1-10-4-3-5-14(15(10)21)17(23)24-11(2)16(22)12-6-8-13(9-7-12)25-18(19)20/h3-9,11,18,21H,1-2H3/t11-/m1/s1. The predicted octanol–water partition coefficient (Wildman–Crippen LogP) is 3.73. The van der Waals surface area contributed by atoms with E-state index in [1.807, 2.05) is 0 Å². The molecule has 0 heterocycles. The highest BCUT2D eigenvalue weighted by Gasteiger charge is 2.22. The lowest BCUT2D eigenvalue weighted by atomic mass is 10.1. The van der Waals surface area contributed by atoms with Crippen molar-refractivity contribution in [3.63, 3.8) is 0 Å². The van der Waals surface area contributed by atoms with Gasteiger partial charge in [0.15, 0.2) is 6.10 Å². The molecule has 5 nitrogen and oxygen atoms in total. The quantitative estimate of drug-likeness (QED) is 0.635. The van der Waals surface area contributed by atoms with E-state index < -0.39 is 24.5 Å². The number of benzene rings is 2. The smallest absolute Gasteiger partial charge is 0.387 e. The lowest BCUT2D eigenvalue weighted by Crippen LogP contribution is -2.24. The van der Waals surface area contributed by atoms with Crippen molar-refractivity contribution >= 4 is 11.8 Å². The fourth-order valence-corrected chi connectivity index (χ4v) is 2.14. The Bertz CT molecular complexity index is 772. The molecule has 7 heteroatoms. The topological polar surface area (TPSA) is 72.8 Å². The Hall–Kier alpha value is -2.96. The molecule has 2 aromatic carbocycles. The summed E-state index contributed by atoms with van der Waals surface area (Å²) in [5.74, 6) is -1.63. The molecule has 0 bridgehead atoms. The van der Waals surface area contributed by atoms with E-state index in [1.165, 1.54) is 37.3 Å². The van der Waals surface area contributed by atoms with E-state index in [0.717, 1.165) is 0 Å². The van der Waals surface area contributed by atoms with Gasteiger partial charge in [-0.15, -0.1) is 0 Å². The number of halogens is 2. The molecule has 0 aliphatic carbocycles. The van der Waals surface area contributed by atoms with E-state index in [9.17, 15) is 23.5 Å². The number of hydrogen-bond donors (Lipinski definition) is 1. The monoisotopic (exact) mass is 350 g/mol. The Balaban J connectivity index is 2.07. The van der Waals surface area contributed by atoms with E-state index in [4.69, 9.17) is 4.74 Å². The maximum Gasteiger partial charge on any atom is 0.387 e. The van der Waals surface area contributed by atoms with E-state index in [0.29, 0.717) is 5.56 Å². The van der Waals surface area contributed by atoms with Crippen LogP contribution < -0.4 is 4.74 Å². The minimum atomic E-state index is -2.96. The zero-order valence-corrected chi connectivity index (χ0v) is 13.5. The van der Waals surface area contributed by atoms with Crippen molar-refractivity contribution in [2.24, 2.45) is 0 Å². The van der Waals surface area contributed by atoms with Crippen LogP contribution in [0, 0.1) is 6.92 Å². The molecular weight excluding hydrogens is 334 g/mol. The van der Waals surface area contributed by atoms with Crippen molar-refractivity contribution < 1.29 is 33.0 Å². The van der Waals surface area contributed by atoms with Crippen LogP contribution in [0.3, 0.4) is 0 Å². The second kappa shape index (κ2) is 7.74. The van der Waals surface area contributed by atoms with E-state index in [2.05, 4.69) is 4.74 Å². The van der Waals surface area contributed by atoms with E-state index >= 15 is 0 Å². The van der Waals surface area contributed by atoms with Gasteiger partial charge in [-0.1, -0.05) is 12.1 Å². The lowest BCUT2D eigenvalue weighted by Gasteiger charge is -2.14. The number of para-hydroxylation sites is 1. The molecule has 0 aliphatic rings. The maximum atomic E-state index is 12.3. The summed E-state index contributed by atoms with van der Waals surface area (Å²) in [6.07, 6.45) is -1.12. The van der Waals surface area contributed by atoms with Crippen LogP contribution in [-0.4, -0.2) is 29.6 Å². The first-order valence-corrected chi connectivity index (χ1v) is 7.38. The molecule has 2 aromatic rings. The van der Waals surface area contributed by atoms with Crippen LogP contribution in [0.1, 0.15) is 33.2 Å². The molecule has 0 aromatic heterocycles. The van der Waals surface area contributed by atoms with Gasteiger partial charge in [-0.2, -0.15) is 8.78 Å². The zero-order chi connectivity index (χ0) is 18.6. The molecule has 0 fully saturated rings. The molecule has 2 rings (SSSR count). The number of Topliss-reactive ketones (excluding diaryl/α,β-unsaturated/α-hetero) is 1. The number of rotatable bonds is 6. The molecule has 0 saturated carbocycles. The fourth-order valence-electron chi connectivity index (χ4n) is 2.14. The number of aryl methyl sites for hydroxylation is 1. The predicted molar refractivity (Wildman–Crippen MR) is 85.1 cm³/mol. The first-order chi connectivity index (χ1) is 11.8. The number of esters is 1. The van der Waals surface area contributed by atoms with Gasteiger partial charge in [0, 0.05) is 5.56 Å². The van der Waals surface area contributed by atoms with Gasteiger partial charge in [-0.25, -0.2) is 4.79 Å². The highest BCUT2D eigenvalue weighted by atomic mass is 19.3. The molecule has 0 amide bonds. The van der Waals surface area contributed by atoms with Crippen LogP contribution in [-0.2, 0) is 4.74 Å². The van der Waals surface area contributed by atoms with Crippen LogP contribution in [0.25, 0.3) is 0 Å². The third kappa shape index (κ3) is 4.53. The zero-order valence-electron chi connectivity index (χ0n) is 13.5. The molecule has 0 unspecified atom stereocenters. The van der Waals surface area contributed by atoms with Crippen molar-refractivity contribution in [3.8, 4) is 11.5 Å². The highest BCUT2D eigenvalue weighted by Crippen LogP contribution is 2.23. The molecule has 132 valence electrons. The van der Waals surface area contributed by atoms with Crippen LogP contribution >= 0.6 is 0 Å². The molecule has 0 saturated heterocycles. The van der Waals surface area contributed by atoms with Crippen LogP contribution in [0.15, 0.2) is 42.5 Å². The Kier molecular flexibility index (Phi) is 5.69. The molecule has 0 radical (unpaired) electrons. The summed E-state index contributed by atoms with van der Waals surface area (Å²) in [5.41, 5.74) is 0.638. The van der Waals surface area contributed by atoms with Crippen LogP contribution in [0.2, 0.25) is 0 Å². The number of aromatic hydroxyl groups is 1. The average molecular weight is 350 g/mol. The number of phenolic OH excluding ortho intramolecular Hbond substituents is 1. The van der Waals surface area contributed by atoms with E-state index in [-0.39, 0.29) is 22.6 Å². The highest BCUT2D eigenvalue weighted by molar-refractivity contribution is 6.02. The van der Waals surface area contributed by atoms with Gasteiger partial charge < -0.3 is 14.6 Å². The third-order valence-electron chi connectivity index (χ3n) is 3.47. The number of alkyl halides is 2. The Morgan fingerprint density at radius 3 is 2.32 bits per heavy atom. The van der Waals surface area contributed by atoms with Gasteiger partial charge in [-0.3, -0.25) is 4.79 Å². The van der Waals surface area contributed by atoms with Gasteiger partial charge in [0.1, 0.15) is 17.1 Å². The second-order valence-electron chi connectivity index (χ2n) is 5.29. The largest absolute Gasteiger partial charge is 0.507 e.